The number of hydrogen-bond acceptors (Lipinski definition) is 4. The zero-order chi connectivity index (χ0) is 17.9. The number of carbonyl (C=O) groups excluding carboxylic acids is 1. The van der Waals surface area contributed by atoms with Crippen molar-refractivity contribution in [3.05, 3.63) is 68.7 Å². The zero-order valence-electron chi connectivity index (χ0n) is 13.4. The number of ether oxygens (including phenoxy) is 2. The van der Waals surface area contributed by atoms with Gasteiger partial charge in [-0.15, -0.1) is 0 Å². The van der Waals surface area contributed by atoms with Crippen LogP contribution in [0.3, 0.4) is 0 Å². The average Bonchev–Trinajstić information content (AvgIpc) is 2.54. The zero-order valence-corrected chi connectivity index (χ0v) is 14.2. The van der Waals surface area contributed by atoms with Crippen molar-refractivity contribution >= 4 is 17.6 Å². The van der Waals surface area contributed by atoms with E-state index in [1.807, 2.05) is 0 Å². The Bertz CT molecular complexity index is 781. The molecule has 0 saturated carbocycles. The lowest BCUT2D eigenvalue weighted by Gasteiger charge is -2.29. The molecule has 5 nitrogen and oxygen atoms in total. The third kappa shape index (κ3) is 3.28. The Labute approximate surface area is 144 Å². The van der Waals surface area contributed by atoms with Crippen LogP contribution in [-0.4, -0.2) is 26.8 Å². The summed E-state index contributed by atoms with van der Waals surface area (Å²) in [6.07, 6.45) is 0. The summed E-state index contributed by atoms with van der Waals surface area (Å²) in [6, 6.07) is 3.87. The maximum Gasteiger partial charge on any atom is 0.335 e. The van der Waals surface area contributed by atoms with Gasteiger partial charge in [0, 0.05) is 23.5 Å². The van der Waals surface area contributed by atoms with E-state index >= 15 is 0 Å². The van der Waals surface area contributed by atoms with Gasteiger partial charge in [0.1, 0.15) is 5.82 Å². The Morgan fingerprint density at radius 2 is 2.17 bits per heavy atom. The van der Waals surface area contributed by atoms with Gasteiger partial charge in [-0.2, -0.15) is 0 Å². The lowest BCUT2D eigenvalue weighted by molar-refractivity contribution is -0.136. The van der Waals surface area contributed by atoms with Gasteiger partial charge in [-0.05, 0) is 24.6 Å². The molecule has 1 aliphatic rings. The molecule has 0 aromatic heterocycles. The average molecular weight is 351 g/mol. The molecule has 0 aliphatic carbocycles. The molecular weight excluding hydrogens is 335 g/mol. The van der Waals surface area contributed by atoms with Crippen LogP contribution in [0.2, 0.25) is 5.02 Å². The lowest BCUT2D eigenvalue weighted by Crippen LogP contribution is -2.30. The smallest absolute Gasteiger partial charge is 0.335 e. The minimum Gasteiger partial charge on any atom is -0.466 e. The van der Waals surface area contributed by atoms with E-state index in [0.717, 1.165) is 6.07 Å². The molecule has 1 aromatic rings. The Kier molecular flexibility index (Phi) is 5.60. The highest BCUT2D eigenvalue weighted by Crippen LogP contribution is 2.42. The second-order valence-corrected chi connectivity index (χ2v) is 5.57. The number of carbonyl (C=O) groups is 1. The third-order valence-corrected chi connectivity index (χ3v) is 4.03. The van der Waals surface area contributed by atoms with Crippen molar-refractivity contribution in [3.63, 3.8) is 0 Å². The molecule has 1 heterocycles. The molecule has 126 valence electrons. The maximum absolute atomic E-state index is 13.4. The fourth-order valence-electron chi connectivity index (χ4n) is 2.69. The van der Waals surface area contributed by atoms with Gasteiger partial charge in [-0.3, -0.25) is 0 Å². The van der Waals surface area contributed by atoms with Gasteiger partial charge in [0.2, 0.25) is 0 Å². The second kappa shape index (κ2) is 7.47. The molecule has 0 saturated heterocycles. The molecule has 1 unspecified atom stereocenters. The highest BCUT2D eigenvalue weighted by atomic mass is 35.5. The van der Waals surface area contributed by atoms with Crippen LogP contribution in [0.4, 0.5) is 4.39 Å². The first-order chi connectivity index (χ1) is 11.4. The van der Waals surface area contributed by atoms with Crippen LogP contribution in [0.5, 0.6) is 0 Å². The van der Waals surface area contributed by atoms with Crippen LogP contribution in [0.15, 0.2) is 40.9 Å². The van der Waals surface area contributed by atoms with Crippen molar-refractivity contribution in [2.75, 3.05) is 20.8 Å². The Balaban J connectivity index is 2.71. The summed E-state index contributed by atoms with van der Waals surface area (Å²) >= 11 is 6.18. The summed E-state index contributed by atoms with van der Waals surface area (Å²) in [4.78, 5) is 15.8. The van der Waals surface area contributed by atoms with Gasteiger partial charge in [0.05, 0.1) is 31.8 Å². The normalized spacial score (nSPS) is 17.4. The van der Waals surface area contributed by atoms with Crippen LogP contribution in [0.1, 0.15) is 18.4 Å². The molecule has 1 N–H and O–H groups in total. The summed E-state index contributed by atoms with van der Waals surface area (Å²) in [6.45, 7) is 9.40. The first-order valence-corrected chi connectivity index (χ1v) is 7.42. The molecule has 7 heteroatoms. The Hall–Kier alpha value is -2.36. The molecule has 2 rings (SSSR count). The molecule has 0 radical (unpaired) electrons. The standard InChI is InChI=1S/C17H16ClFN2O3/c1-9-14(17(22)24-4)15(11-6-5-10(19)7-12(11)18)16(20-2)13(21-9)8-23-3/h5-7,15,21H,8H2,1,3-4H3. The third-order valence-electron chi connectivity index (χ3n) is 3.70. The van der Waals surface area contributed by atoms with Gasteiger partial charge in [-0.25, -0.2) is 14.0 Å². The van der Waals surface area contributed by atoms with Crippen LogP contribution in [-0.2, 0) is 14.3 Å². The predicted molar refractivity (Wildman–Crippen MR) is 87.5 cm³/mol. The van der Waals surface area contributed by atoms with Crippen LogP contribution >= 0.6 is 11.6 Å². The summed E-state index contributed by atoms with van der Waals surface area (Å²) in [5.41, 5.74) is 2.04. The molecule has 0 bridgehead atoms. The van der Waals surface area contributed by atoms with Crippen molar-refractivity contribution in [2.24, 2.45) is 0 Å². The number of allylic oxidation sites excluding steroid dienone is 2. The number of dihydropyridines is 1. The van der Waals surface area contributed by atoms with Gasteiger partial charge in [0.25, 0.3) is 0 Å². The van der Waals surface area contributed by atoms with E-state index in [-0.39, 0.29) is 22.9 Å². The Morgan fingerprint density at radius 1 is 1.46 bits per heavy atom. The molecule has 1 aromatic carbocycles. The van der Waals surface area contributed by atoms with E-state index in [1.54, 1.807) is 6.92 Å². The highest BCUT2D eigenvalue weighted by Gasteiger charge is 2.36. The number of hydrogen-bond donors (Lipinski definition) is 1. The van der Waals surface area contributed by atoms with E-state index in [0.29, 0.717) is 17.0 Å². The van der Waals surface area contributed by atoms with E-state index in [1.165, 1.54) is 26.4 Å². The summed E-state index contributed by atoms with van der Waals surface area (Å²) in [5, 5.41) is 3.15. The number of halogens is 2. The van der Waals surface area contributed by atoms with E-state index in [9.17, 15) is 9.18 Å². The number of nitrogens with zero attached hydrogens (tertiary/aromatic N) is 1. The van der Waals surface area contributed by atoms with Gasteiger partial charge in [0.15, 0.2) is 5.70 Å². The second-order valence-electron chi connectivity index (χ2n) is 5.16. The van der Waals surface area contributed by atoms with E-state index in [2.05, 4.69) is 10.2 Å². The van der Waals surface area contributed by atoms with Gasteiger partial charge in [-0.1, -0.05) is 17.7 Å². The number of rotatable bonds is 4. The summed E-state index contributed by atoms with van der Waals surface area (Å²) in [7, 11) is 2.77. The largest absolute Gasteiger partial charge is 0.466 e. The van der Waals surface area contributed by atoms with E-state index < -0.39 is 17.7 Å². The SMILES string of the molecule is [C-]#[N+]C1=C(COC)NC(C)=C(C(=O)OC)C1c1ccc(F)cc1Cl. The summed E-state index contributed by atoms with van der Waals surface area (Å²) < 4.78 is 23.4. The highest BCUT2D eigenvalue weighted by molar-refractivity contribution is 6.31. The first kappa shape index (κ1) is 18.0. The minimum atomic E-state index is -0.755. The lowest BCUT2D eigenvalue weighted by atomic mass is 9.84. The van der Waals surface area contributed by atoms with Crippen molar-refractivity contribution < 1.29 is 18.7 Å². The molecule has 1 aliphatic heterocycles. The molecule has 0 amide bonds. The quantitative estimate of drug-likeness (QED) is 0.668. The van der Waals surface area contributed by atoms with Gasteiger partial charge < -0.3 is 14.8 Å². The topological polar surface area (TPSA) is 51.9 Å². The minimum absolute atomic E-state index is 0.133. The van der Waals surface area contributed by atoms with Crippen LogP contribution in [0, 0.1) is 12.4 Å². The van der Waals surface area contributed by atoms with E-state index in [4.69, 9.17) is 27.6 Å². The molecular formula is C17H16ClFN2O3. The van der Waals surface area contributed by atoms with Gasteiger partial charge >= 0.3 is 5.97 Å². The number of methoxy groups -OCH3 is 2. The fourth-order valence-corrected chi connectivity index (χ4v) is 2.97. The molecule has 0 fully saturated rings. The summed E-state index contributed by atoms with van der Waals surface area (Å²) in [5.74, 6) is -1.83. The van der Waals surface area contributed by atoms with Crippen LogP contribution < -0.4 is 5.32 Å². The van der Waals surface area contributed by atoms with Crippen molar-refractivity contribution in [2.45, 2.75) is 12.8 Å². The maximum atomic E-state index is 13.4. The predicted octanol–water partition coefficient (Wildman–Crippen LogP) is 3.39. The first-order valence-electron chi connectivity index (χ1n) is 7.05. The number of nitrogens with one attached hydrogen (secondary N) is 1. The van der Waals surface area contributed by atoms with Crippen molar-refractivity contribution in [1.82, 2.24) is 5.32 Å². The Morgan fingerprint density at radius 3 is 2.71 bits per heavy atom. The number of esters is 1. The number of benzene rings is 1. The molecule has 24 heavy (non-hydrogen) atoms. The fraction of sp³-hybridized carbons (Fsp3) is 0.294. The molecule has 0 spiro atoms. The van der Waals surface area contributed by atoms with Crippen molar-refractivity contribution in [1.29, 1.82) is 0 Å². The monoisotopic (exact) mass is 350 g/mol. The van der Waals surface area contributed by atoms with Crippen LogP contribution in [0.25, 0.3) is 4.85 Å². The van der Waals surface area contributed by atoms with Crippen molar-refractivity contribution in [3.8, 4) is 0 Å². The molecule has 1 atom stereocenters.